The SMILES string of the molecule is C1=COO[As]C=C1. The summed E-state index contributed by atoms with van der Waals surface area (Å²) in [4.78, 5) is 6.45. The first kappa shape index (κ1) is 4.95. The minimum absolute atomic E-state index is 0.158. The van der Waals surface area contributed by atoms with Gasteiger partial charge in [0, 0.05) is 0 Å². The summed E-state index contributed by atoms with van der Waals surface area (Å²) in [7, 11) is 0. The first-order chi connectivity index (χ1) is 3.50. The van der Waals surface area contributed by atoms with Crippen LogP contribution in [0.3, 0.4) is 0 Å². The zero-order valence-electron chi connectivity index (χ0n) is 3.57. The van der Waals surface area contributed by atoms with E-state index in [4.69, 9.17) is 0 Å². The quantitative estimate of drug-likeness (QED) is 0.380. The van der Waals surface area contributed by atoms with Crippen LogP contribution in [0.15, 0.2) is 23.3 Å². The molecular weight excluding hydrogens is 155 g/mol. The molecule has 2 nitrogen and oxygen atoms in total. The van der Waals surface area contributed by atoms with Gasteiger partial charge in [-0.1, -0.05) is 0 Å². The van der Waals surface area contributed by atoms with Crippen molar-refractivity contribution in [1.29, 1.82) is 0 Å². The van der Waals surface area contributed by atoms with Crippen molar-refractivity contribution < 1.29 is 8.76 Å². The van der Waals surface area contributed by atoms with Crippen LogP contribution in [-0.4, -0.2) is 16.1 Å². The number of hydrogen-bond donors (Lipinski definition) is 0. The first-order valence-corrected chi connectivity index (χ1v) is 3.69. The van der Waals surface area contributed by atoms with E-state index in [0.717, 1.165) is 0 Å². The van der Waals surface area contributed by atoms with Crippen molar-refractivity contribution in [3.8, 4) is 0 Å². The monoisotopic (exact) mass is 159 g/mol. The molecule has 0 N–H and O–H groups in total. The molecule has 0 spiro atoms. The van der Waals surface area contributed by atoms with Gasteiger partial charge in [0.2, 0.25) is 0 Å². The molecule has 1 heterocycles. The Bertz CT molecular complexity index is 85.9. The van der Waals surface area contributed by atoms with Gasteiger partial charge < -0.3 is 0 Å². The van der Waals surface area contributed by atoms with Crippen LogP contribution < -0.4 is 0 Å². The van der Waals surface area contributed by atoms with Crippen molar-refractivity contribution in [3.05, 3.63) is 23.3 Å². The summed E-state index contributed by atoms with van der Waals surface area (Å²) >= 11 is -0.158. The van der Waals surface area contributed by atoms with Gasteiger partial charge in [0.1, 0.15) is 0 Å². The second kappa shape index (κ2) is 2.89. The Morgan fingerprint density at radius 2 is 2.29 bits per heavy atom. The predicted octanol–water partition coefficient (Wildman–Crippen LogP) is 0.595. The molecule has 0 aromatic rings. The number of hydrogen-bond acceptors (Lipinski definition) is 2. The maximum absolute atomic E-state index is 4.61. The van der Waals surface area contributed by atoms with Crippen molar-refractivity contribution >= 4 is 16.1 Å². The van der Waals surface area contributed by atoms with Crippen LogP contribution in [0.4, 0.5) is 0 Å². The van der Waals surface area contributed by atoms with Crippen molar-refractivity contribution in [2.75, 3.05) is 0 Å². The molecule has 1 aliphatic heterocycles. The molecule has 7 heavy (non-hydrogen) atoms. The maximum atomic E-state index is 4.61. The summed E-state index contributed by atoms with van der Waals surface area (Å²) < 4.78 is 4.61. The van der Waals surface area contributed by atoms with Crippen LogP contribution in [0.5, 0.6) is 0 Å². The standard InChI is InChI=1S/C4H4AsO2/c1-2-4-6-7-5-3-1/h1-4H. The summed E-state index contributed by atoms with van der Waals surface area (Å²) in [5, 5.41) is 0. The Hall–Kier alpha value is -0.202. The van der Waals surface area contributed by atoms with E-state index in [2.05, 4.69) is 8.76 Å². The Kier molecular flexibility index (Phi) is 2.04. The van der Waals surface area contributed by atoms with E-state index in [9.17, 15) is 0 Å². The number of rotatable bonds is 0. The molecule has 3 heteroatoms. The Morgan fingerprint density at radius 1 is 1.29 bits per heavy atom. The normalized spacial score (nSPS) is 21.7. The third-order valence-corrected chi connectivity index (χ3v) is 1.46. The fourth-order valence-corrected chi connectivity index (χ4v) is 0.906. The molecule has 1 radical (unpaired) electrons. The zero-order valence-corrected chi connectivity index (χ0v) is 5.45. The van der Waals surface area contributed by atoms with Gasteiger partial charge in [-0.3, -0.25) is 0 Å². The summed E-state index contributed by atoms with van der Waals surface area (Å²) in [6.07, 6.45) is 5.22. The molecule has 1 rings (SSSR count). The fourth-order valence-electron chi connectivity index (χ4n) is 0.237. The number of allylic oxidation sites excluding steroid dienone is 2. The van der Waals surface area contributed by atoms with Crippen LogP contribution in [0.1, 0.15) is 0 Å². The Morgan fingerprint density at radius 3 is 3.29 bits per heavy atom. The third-order valence-electron chi connectivity index (χ3n) is 0.478. The topological polar surface area (TPSA) is 18.5 Å². The van der Waals surface area contributed by atoms with E-state index in [1.807, 2.05) is 10.9 Å². The van der Waals surface area contributed by atoms with Gasteiger partial charge in [-0.2, -0.15) is 0 Å². The van der Waals surface area contributed by atoms with Crippen LogP contribution >= 0.6 is 0 Å². The van der Waals surface area contributed by atoms with Gasteiger partial charge in [0.05, 0.1) is 0 Å². The van der Waals surface area contributed by atoms with Crippen molar-refractivity contribution in [2.24, 2.45) is 0 Å². The molecule has 0 saturated heterocycles. The van der Waals surface area contributed by atoms with Gasteiger partial charge in [-0.25, -0.2) is 0 Å². The molecule has 0 aromatic carbocycles. The van der Waals surface area contributed by atoms with Gasteiger partial charge in [-0.05, 0) is 0 Å². The van der Waals surface area contributed by atoms with Gasteiger partial charge in [-0.15, -0.1) is 0 Å². The third kappa shape index (κ3) is 1.81. The van der Waals surface area contributed by atoms with Gasteiger partial charge in [0.15, 0.2) is 0 Å². The summed E-state index contributed by atoms with van der Waals surface area (Å²) in [5.74, 6) is 0. The van der Waals surface area contributed by atoms with E-state index < -0.39 is 0 Å². The van der Waals surface area contributed by atoms with E-state index >= 15 is 0 Å². The first-order valence-electron chi connectivity index (χ1n) is 1.84. The summed E-state index contributed by atoms with van der Waals surface area (Å²) in [6.45, 7) is 0. The molecule has 37 valence electrons. The van der Waals surface area contributed by atoms with E-state index in [0.29, 0.717) is 0 Å². The molecule has 0 bridgehead atoms. The molecule has 0 saturated carbocycles. The molecule has 0 unspecified atom stereocenters. The van der Waals surface area contributed by atoms with E-state index in [1.165, 1.54) is 6.26 Å². The second-order valence-electron chi connectivity index (χ2n) is 0.946. The van der Waals surface area contributed by atoms with Crippen LogP contribution in [0.25, 0.3) is 0 Å². The van der Waals surface area contributed by atoms with Crippen molar-refractivity contribution in [3.63, 3.8) is 0 Å². The Labute approximate surface area is 48.8 Å². The molecule has 0 atom stereocenters. The molecular formula is C4H4AsO2. The van der Waals surface area contributed by atoms with Crippen LogP contribution in [0.2, 0.25) is 0 Å². The van der Waals surface area contributed by atoms with Crippen LogP contribution in [0, 0.1) is 0 Å². The van der Waals surface area contributed by atoms with Crippen molar-refractivity contribution in [1.82, 2.24) is 0 Å². The molecule has 0 amide bonds. The summed E-state index contributed by atoms with van der Waals surface area (Å²) in [6, 6.07) is 0. The van der Waals surface area contributed by atoms with Crippen molar-refractivity contribution in [2.45, 2.75) is 0 Å². The second-order valence-corrected chi connectivity index (χ2v) is 2.33. The molecule has 0 aliphatic carbocycles. The average Bonchev–Trinajstić information content (AvgIpc) is 1.90. The van der Waals surface area contributed by atoms with Crippen LogP contribution in [-0.2, 0) is 8.76 Å². The Balaban J connectivity index is 2.39. The molecule has 0 fully saturated rings. The van der Waals surface area contributed by atoms with Gasteiger partial charge >= 0.3 is 48.1 Å². The van der Waals surface area contributed by atoms with Gasteiger partial charge in [0.25, 0.3) is 0 Å². The molecule has 1 aliphatic rings. The minimum atomic E-state index is -0.158. The van der Waals surface area contributed by atoms with E-state index in [-0.39, 0.29) is 16.1 Å². The average molecular weight is 159 g/mol. The predicted molar refractivity (Wildman–Crippen MR) is 26.2 cm³/mol. The fraction of sp³-hybridized carbons (Fsp3) is 0. The molecule has 0 aromatic heterocycles. The zero-order chi connectivity index (χ0) is 4.95. The summed E-state index contributed by atoms with van der Waals surface area (Å²) in [5.41, 5.74) is 0. The van der Waals surface area contributed by atoms with E-state index in [1.54, 1.807) is 6.08 Å².